The van der Waals surface area contributed by atoms with E-state index in [1.54, 1.807) is 19.2 Å². The van der Waals surface area contributed by atoms with E-state index in [-0.39, 0.29) is 11.7 Å². The molecule has 3 aromatic carbocycles. The lowest BCUT2D eigenvalue weighted by Crippen LogP contribution is -2.43. The number of nitrogens with one attached hydrogen (secondary N) is 1. The van der Waals surface area contributed by atoms with Crippen LogP contribution in [0.2, 0.25) is 5.02 Å². The molecule has 0 radical (unpaired) electrons. The van der Waals surface area contributed by atoms with Crippen LogP contribution < -0.4 is 10.1 Å². The summed E-state index contributed by atoms with van der Waals surface area (Å²) in [5.74, 6) is 1.37. The van der Waals surface area contributed by atoms with Crippen molar-refractivity contribution in [1.29, 1.82) is 0 Å². The number of aromatic nitrogens is 1. The minimum absolute atomic E-state index is 0.0771. The number of ketones is 1. The second-order valence-corrected chi connectivity index (χ2v) is 12.6. The molecule has 0 aliphatic carbocycles. The Balaban J connectivity index is 1.09. The van der Waals surface area contributed by atoms with Gasteiger partial charge < -0.3 is 14.6 Å². The number of aryl methyl sites for hydroxylation is 2. The van der Waals surface area contributed by atoms with Gasteiger partial charge in [-0.05, 0) is 80.8 Å². The number of fused-ring (bicyclic) bond motifs is 3. The van der Waals surface area contributed by atoms with Gasteiger partial charge in [0.05, 0.1) is 18.2 Å². The highest BCUT2D eigenvalue weighted by atomic mass is 35.5. The summed E-state index contributed by atoms with van der Waals surface area (Å²) in [6, 6.07) is 22.5. The number of rotatable bonds is 11. The molecule has 1 aromatic heterocycles. The van der Waals surface area contributed by atoms with E-state index < -0.39 is 0 Å². The topological polar surface area (TPSA) is 63.6 Å². The van der Waals surface area contributed by atoms with E-state index in [0.717, 1.165) is 60.1 Å². The van der Waals surface area contributed by atoms with Crippen molar-refractivity contribution >= 4 is 34.2 Å². The highest BCUT2D eigenvalue weighted by molar-refractivity contribution is 6.30. The van der Waals surface area contributed by atoms with E-state index in [2.05, 4.69) is 33.8 Å². The molecule has 0 unspecified atom stereocenters. The third kappa shape index (κ3) is 6.51. The van der Waals surface area contributed by atoms with Crippen molar-refractivity contribution in [3.8, 4) is 5.75 Å². The van der Waals surface area contributed by atoms with Crippen LogP contribution >= 0.6 is 11.6 Å². The number of piperidine rings is 1. The summed E-state index contributed by atoms with van der Waals surface area (Å²) in [4.78, 5) is 28.9. The van der Waals surface area contributed by atoms with Crippen molar-refractivity contribution < 1.29 is 14.3 Å². The maximum Gasteiger partial charge on any atom is 0.253 e. The number of benzene rings is 3. The summed E-state index contributed by atoms with van der Waals surface area (Å²) in [7, 11) is 1.68. The van der Waals surface area contributed by atoms with E-state index >= 15 is 0 Å². The second kappa shape index (κ2) is 12.9. The molecule has 6 rings (SSSR count). The van der Waals surface area contributed by atoms with Gasteiger partial charge in [0.25, 0.3) is 5.91 Å². The average molecular weight is 598 g/mol. The number of carbonyl (C=O) groups is 2. The van der Waals surface area contributed by atoms with Crippen LogP contribution in [0.15, 0.2) is 72.9 Å². The van der Waals surface area contributed by atoms with Gasteiger partial charge in [0.1, 0.15) is 5.75 Å². The summed E-state index contributed by atoms with van der Waals surface area (Å²) < 4.78 is 7.92. The lowest BCUT2D eigenvalue weighted by atomic mass is 9.85. The third-order valence-corrected chi connectivity index (χ3v) is 9.55. The van der Waals surface area contributed by atoms with Crippen LogP contribution in [0.25, 0.3) is 10.9 Å². The molecule has 2 bridgehead atoms. The van der Waals surface area contributed by atoms with E-state index in [0.29, 0.717) is 41.6 Å². The lowest BCUT2D eigenvalue weighted by Gasteiger charge is -2.39. The number of amides is 1. The van der Waals surface area contributed by atoms with Crippen LogP contribution in [0.1, 0.15) is 70.4 Å². The molecule has 0 saturated carbocycles. The SMILES string of the molecule is COc1cccc2c(C(=O)NCc3cccc(C)c3)cn(CCCN3[C@@H]4CC[C@H]3C[C@@H](CC(=O)c3ccc(Cl)cc3)C4)c12. The first-order chi connectivity index (χ1) is 20.9. The molecule has 2 aliphatic rings. The van der Waals surface area contributed by atoms with Gasteiger partial charge in [-0.15, -0.1) is 0 Å². The van der Waals surface area contributed by atoms with Crippen LogP contribution in [0.4, 0.5) is 0 Å². The smallest absolute Gasteiger partial charge is 0.253 e. The van der Waals surface area contributed by atoms with Crippen molar-refractivity contribution in [2.75, 3.05) is 13.7 Å². The monoisotopic (exact) mass is 597 g/mol. The molecule has 2 fully saturated rings. The van der Waals surface area contributed by atoms with Crippen molar-refractivity contribution in [2.24, 2.45) is 5.92 Å². The van der Waals surface area contributed by atoms with Gasteiger partial charge in [0, 0.05) is 60.3 Å². The Hall–Kier alpha value is -3.61. The maximum atomic E-state index is 13.4. The first-order valence-electron chi connectivity index (χ1n) is 15.4. The van der Waals surface area contributed by atoms with Gasteiger partial charge in [-0.25, -0.2) is 0 Å². The number of hydrogen-bond donors (Lipinski definition) is 1. The number of Topliss-reactive ketones (excluding diaryl/α,β-unsaturated/α-hetero) is 1. The van der Waals surface area contributed by atoms with E-state index in [4.69, 9.17) is 16.3 Å². The van der Waals surface area contributed by atoms with Crippen LogP contribution in [-0.4, -0.2) is 46.9 Å². The zero-order valence-corrected chi connectivity index (χ0v) is 25.8. The lowest BCUT2D eigenvalue weighted by molar-refractivity contribution is 0.0807. The first-order valence-corrected chi connectivity index (χ1v) is 15.8. The number of halogens is 1. The Morgan fingerprint density at radius 1 is 0.977 bits per heavy atom. The molecule has 2 aliphatic heterocycles. The first kappa shape index (κ1) is 29.5. The van der Waals surface area contributed by atoms with E-state index in [9.17, 15) is 9.59 Å². The van der Waals surface area contributed by atoms with Gasteiger partial charge in [-0.3, -0.25) is 14.5 Å². The van der Waals surface area contributed by atoms with Crippen molar-refractivity contribution in [2.45, 2.75) is 70.6 Å². The fraction of sp³-hybridized carbons (Fsp3) is 0.389. The zero-order chi connectivity index (χ0) is 29.9. The average Bonchev–Trinajstić information content (AvgIpc) is 3.49. The molecular formula is C36H40ClN3O3. The molecule has 43 heavy (non-hydrogen) atoms. The van der Waals surface area contributed by atoms with Gasteiger partial charge in [0.15, 0.2) is 5.78 Å². The standard InChI is InChI=1S/C36H40ClN3O3/c1-24-6-3-7-25(18-24)22-38-36(42)32-23-39(35-31(32)8-4-9-34(35)43-2)16-5-17-40-29-14-15-30(40)20-26(19-29)21-33(41)27-10-12-28(37)13-11-27/h3-4,6-13,18,23,26,29-30H,5,14-17,19-22H2,1-2H3,(H,38,42)/t26-,29+,30-. The summed E-state index contributed by atoms with van der Waals surface area (Å²) in [6.07, 6.45) is 8.17. The minimum atomic E-state index is -0.0771. The fourth-order valence-corrected chi connectivity index (χ4v) is 7.43. The fourth-order valence-electron chi connectivity index (χ4n) is 7.31. The summed E-state index contributed by atoms with van der Waals surface area (Å²) in [6.45, 7) is 4.36. The molecule has 224 valence electrons. The minimum Gasteiger partial charge on any atom is -0.495 e. The van der Waals surface area contributed by atoms with Crippen molar-refractivity contribution in [3.05, 3.63) is 100 Å². The maximum absolute atomic E-state index is 13.4. The molecule has 3 atom stereocenters. The quantitative estimate of drug-likeness (QED) is 0.182. The molecule has 3 heterocycles. The summed E-state index contributed by atoms with van der Waals surface area (Å²) >= 11 is 6.01. The van der Waals surface area contributed by atoms with Gasteiger partial charge in [0.2, 0.25) is 0 Å². The number of nitrogens with zero attached hydrogens (tertiary/aromatic N) is 2. The van der Waals surface area contributed by atoms with Crippen LogP contribution in [-0.2, 0) is 13.1 Å². The molecule has 7 heteroatoms. The predicted octanol–water partition coefficient (Wildman–Crippen LogP) is 7.45. The number of ether oxygens (including phenoxy) is 1. The normalized spacial score (nSPS) is 19.9. The van der Waals surface area contributed by atoms with Crippen LogP contribution in [0.3, 0.4) is 0 Å². The molecule has 2 saturated heterocycles. The largest absolute Gasteiger partial charge is 0.495 e. The number of methoxy groups -OCH3 is 1. The summed E-state index contributed by atoms with van der Waals surface area (Å²) in [5.41, 5.74) is 4.66. The molecule has 0 spiro atoms. The Morgan fingerprint density at radius 3 is 2.44 bits per heavy atom. The highest BCUT2D eigenvalue weighted by Crippen LogP contribution is 2.40. The van der Waals surface area contributed by atoms with Crippen LogP contribution in [0, 0.1) is 12.8 Å². The van der Waals surface area contributed by atoms with Crippen molar-refractivity contribution in [3.63, 3.8) is 0 Å². The Morgan fingerprint density at radius 2 is 1.72 bits per heavy atom. The Labute approximate surface area is 259 Å². The molecule has 1 amide bonds. The number of para-hydroxylation sites is 1. The van der Waals surface area contributed by atoms with Gasteiger partial charge in [-0.2, -0.15) is 0 Å². The Bertz CT molecular complexity index is 1600. The zero-order valence-electron chi connectivity index (χ0n) is 25.0. The summed E-state index contributed by atoms with van der Waals surface area (Å²) in [5, 5.41) is 4.68. The number of carbonyl (C=O) groups excluding carboxylic acids is 2. The molecule has 4 aromatic rings. The van der Waals surface area contributed by atoms with Crippen molar-refractivity contribution in [1.82, 2.24) is 14.8 Å². The molecule has 1 N–H and O–H groups in total. The molecule has 6 nitrogen and oxygen atoms in total. The van der Waals surface area contributed by atoms with Gasteiger partial charge in [-0.1, -0.05) is 53.6 Å². The third-order valence-electron chi connectivity index (χ3n) is 9.30. The predicted molar refractivity (Wildman–Crippen MR) is 172 cm³/mol. The Kier molecular flexibility index (Phi) is 8.87. The van der Waals surface area contributed by atoms with E-state index in [1.165, 1.54) is 18.4 Å². The number of hydrogen-bond acceptors (Lipinski definition) is 4. The van der Waals surface area contributed by atoms with Crippen LogP contribution in [0.5, 0.6) is 5.75 Å². The second-order valence-electron chi connectivity index (χ2n) is 12.2. The van der Waals surface area contributed by atoms with Gasteiger partial charge >= 0.3 is 0 Å². The molecular weight excluding hydrogens is 558 g/mol. The van der Waals surface area contributed by atoms with E-state index in [1.807, 2.05) is 48.7 Å². The highest BCUT2D eigenvalue weighted by Gasteiger charge is 2.40.